The Morgan fingerprint density at radius 2 is 0.649 bits per heavy atom. The minimum absolute atomic E-state index is 0.00152. The molecule has 0 fully saturated rings. The molecule has 0 aliphatic heterocycles. The van der Waals surface area contributed by atoms with Crippen molar-refractivity contribution in [1.29, 1.82) is 0 Å². The van der Waals surface area contributed by atoms with E-state index < -0.39 is 12.1 Å². The summed E-state index contributed by atoms with van der Waals surface area (Å²) in [7, 11) is 0. The minimum Gasteiger partial charge on any atom is -0.466 e. The second-order valence-electron chi connectivity index (χ2n) is 23.5. The van der Waals surface area contributed by atoms with Gasteiger partial charge in [-0.15, -0.1) is 0 Å². The predicted octanol–water partition coefficient (Wildman–Crippen LogP) is 22.1. The van der Waals surface area contributed by atoms with Crippen LogP contribution in [0.15, 0.2) is 48.6 Å². The van der Waals surface area contributed by atoms with Gasteiger partial charge < -0.3 is 20.3 Å². The average Bonchev–Trinajstić information content (AvgIpc) is 3.43. The summed E-state index contributed by atoms with van der Waals surface area (Å²) < 4.78 is 5.49. The van der Waals surface area contributed by atoms with E-state index in [1.54, 1.807) is 6.08 Å². The number of ether oxygens (including phenoxy) is 1. The van der Waals surface area contributed by atoms with Gasteiger partial charge in [-0.25, -0.2) is 0 Å². The van der Waals surface area contributed by atoms with Gasteiger partial charge in [-0.1, -0.05) is 313 Å². The lowest BCUT2D eigenvalue weighted by Gasteiger charge is -2.20. The lowest BCUT2D eigenvalue weighted by atomic mass is 10.0. The van der Waals surface area contributed by atoms with Crippen LogP contribution in [0, 0.1) is 0 Å². The Balaban J connectivity index is 3.46. The molecular formula is C71H133NO5. The van der Waals surface area contributed by atoms with E-state index in [9.17, 15) is 19.8 Å². The van der Waals surface area contributed by atoms with Crippen LogP contribution in [0.3, 0.4) is 0 Å². The zero-order valence-electron chi connectivity index (χ0n) is 51.7. The first-order chi connectivity index (χ1) is 38.0. The molecule has 6 nitrogen and oxygen atoms in total. The third-order valence-corrected chi connectivity index (χ3v) is 15.8. The van der Waals surface area contributed by atoms with Crippen molar-refractivity contribution >= 4 is 11.9 Å². The van der Waals surface area contributed by atoms with Crippen LogP contribution in [0.25, 0.3) is 0 Å². The summed E-state index contributed by atoms with van der Waals surface area (Å²) in [5.41, 5.74) is 0. The molecule has 77 heavy (non-hydrogen) atoms. The number of hydrogen-bond acceptors (Lipinski definition) is 5. The second-order valence-corrected chi connectivity index (χ2v) is 23.5. The Kier molecular flexibility index (Phi) is 64.5. The van der Waals surface area contributed by atoms with Crippen LogP contribution in [0.1, 0.15) is 367 Å². The first-order valence-electron chi connectivity index (χ1n) is 34.4. The van der Waals surface area contributed by atoms with Crippen LogP contribution in [0.5, 0.6) is 0 Å². The quantitative estimate of drug-likeness (QED) is 0.0320. The molecule has 452 valence electrons. The van der Waals surface area contributed by atoms with Crippen molar-refractivity contribution in [2.24, 2.45) is 0 Å². The van der Waals surface area contributed by atoms with Gasteiger partial charge in [0.15, 0.2) is 0 Å². The maximum absolute atomic E-state index is 12.5. The molecule has 6 heteroatoms. The van der Waals surface area contributed by atoms with Crippen LogP contribution >= 0.6 is 0 Å². The van der Waals surface area contributed by atoms with Crippen molar-refractivity contribution < 1.29 is 24.5 Å². The highest BCUT2D eigenvalue weighted by molar-refractivity contribution is 5.76. The Labute approximate surface area is 480 Å². The van der Waals surface area contributed by atoms with E-state index in [0.29, 0.717) is 19.4 Å². The Morgan fingerprint density at radius 3 is 1.01 bits per heavy atom. The number of hydrogen-bond donors (Lipinski definition) is 3. The fraction of sp³-hybridized carbons (Fsp3) is 0.859. The van der Waals surface area contributed by atoms with Crippen LogP contribution in [0.4, 0.5) is 0 Å². The molecule has 2 atom stereocenters. The highest BCUT2D eigenvalue weighted by Crippen LogP contribution is 2.18. The van der Waals surface area contributed by atoms with E-state index in [-0.39, 0.29) is 18.5 Å². The third kappa shape index (κ3) is 62.9. The monoisotopic (exact) mass is 1080 g/mol. The minimum atomic E-state index is -0.852. The zero-order valence-corrected chi connectivity index (χ0v) is 51.7. The largest absolute Gasteiger partial charge is 0.466 e. The molecule has 0 aliphatic rings. The maximum Gasteiger partial charge on any atom is 0.305 e. The average molecular weight is 1080 g/mol. The molecule has 0 aromatic rings. The van der Waals surface area contributed by atoms with Crippen LogP contribution in [-0.4, -0.2) is 47.4 Å². The number of aliphatic hydroxyl groups excluding tert-OH is 2. The van der Waals surface area contributed by atoms with Crippen molar-refractivity contribution in [3.63, 3.8) is 0 Å². The second kappa shape index (κ2) is 66.3. The van der Waals surface area contributed by atoms with Crippen molar-refractivity contribution in [1.82, 2.24) is 5.32 Å². The van der Waals surface area contributed by atoms with Crippen molar-refractivity contribution in [3.8, 4) is 0 Å². The lowest BCUT2D eigenvalue weighted by molar-refractivity contribution is -0.143. The summed E-state index contributed by atoms with van der Waals surface area (Å²) in [6.45, 7) is 4.90. The first kappa shape index (κ1) is 74.8. The maximum atomic E-state index is 12.5. The molecule has 0 aromatic carbocycles. The van der Waals surface area contributed by atoms with Gasteiger partial charge in [0.25, 0.3) is 0 Å². The summed E-state index contributed by atoms with van der Waals surface area (Å²) in [6.07, 6.45) is 86.0. The van der Waals surface area contributed by atoms with E-state index in [0.717, 1.165) is 57.8 Å². The number of carbonyl (C=O) groups excluding carboxylic acids is 2. The molecule has 0 bridgehead atoms. The first-order valence-corrected chi connectivity index (χ1v) is 34.4. The highest BCUT2D eigenvalue weighted by atomic mass is 16.5. The Bertz CT molecular complexity index is 1290. The molecule has 3 N–H and O–H groups in total. The number of unbranched alkanes of at least 4 members (excludes halogenated alkanes) is 47. The third-order valence-electron chi connectivity index (χ3n) is 15.8. The molecule has 0 heterocycles. The Hall–Kier alpha value is -2.18. The van der Waals surface area contributed by atoms with Crippen molar-refractivity contribution in [3.05, 3.63) is 48.6 Å². The van der Waals surface area contributed by atoms with Gasteiger partial charge in [0, 0.05) is 12.8 Å². The normalized spacial score (nSPS) is 12.8. The van der Waals surface area contributed by atoms with Gasteiger partial charge in [0.1, 0.15) is 0 Å². The van der Waals surface area contributed by atoms with Crippen molar-refractivity contribution in [2.75, 3.05) is 13.2 Å². The summed E-state index contributed by atoms with van der Waals surface area (Å²) in [5.74, 6) is -0.0755. The van der Waals surface area contributed by atoms with E-state index >= 15 is 0 Å². The molecule has 0 radical (unpaired) electrons. The molecule has 1 amide bonds. The number of amides is 1. The number of allylic oxidation sites excluding steroid dienone is 7. The fourth-order valence-corrected chi connectivity index (χ4v) is 10.5. The number of aliphatic hydroxyl groups is 2. The summed E-state index contributed by atoms with van der Waals surface area (Å²) in [5, 5.41) is 23.2. The zero-order chi connectivity index (χ0) is 55.7. The van der Waals surface area contributed by atoms with Gasteiger partial charge in [-0.05, 0) is 89.9 Å². The van der Waals surface area contributed by atoms with Crippen LogP contribution in [-0.2, 0) is 14.3 Å². The van der Waals surface area contributed by atoms with Gasteiger partial charge in [-0.2, -0.15) is 0 Å². The summed E-state index contributed by atoms with van der Waals surface area (Å²) >= 11 is 0. The van der Waals surface area contributed by atoms with E-state index in [1.165, 1.54) is 283 Å². The van der Waals surface area contributed by atoms with Gasteiger partial charge in [0.05, 0.1) is 25.4 Å². The van der Waals surface area contributed by atoms with Crippen molar-refractivity contribution in [2.45, 2.75) is 379 Å². The van der Waals surface area contributed by atoms with E-state index in [4.69, 9.17) is 4.74 Å². The Morgan fingerprint density at radius 1 is 0.364 bits per heavy atom. The standard InChI is InChI=1S/C71H133NO5/c1-3-5-7-9-11-13-15-17-19-21-23-24-25-28-31-35-39-43-47-51-55-59-63-69(74)68(67-73)72-70(75)64-60-56-52-48-44-40-36-32-29-26-27-30-34-38-42-46-50-54-58-62-66-77-71(76)65-61-57-53-49-45-41-37-33-22-20-18-16-14-12-10-8-6-4-2/h14,16,20,22,26,29,59,63,68-69,73-74H,3-13,15,17-19,21,23-25,27-28,30-58,60-62,64-67H2,1-2H3,(H,72,75)/b16-14-,22-20-,29-26-,63-59+. The highest BCUT2D eigenvalue weighted by Gasteiger charge is 2.18. The van der Waals surface area contributed by atoms with Gasteiger partial charge >= 0.3 is 5.97 Å². The van der Waals surface area contributed by atoms with Gasteiger partial charge in [-0.3, -0.25) is 9.59 Å². The number of carbonyl (C=O) groups is 2. The lowest BCUT2D eigenvalue weighted by Crippen LogP contribution is -2.45. The molecule has 0 aliphatic carbocycles. The topological polar surface area (TPSA) is 95.9 Å². The SMILES string of the molecule is CCCCCC/C=C\C/C=C\CCCCCCCCCC(=O)OCCCCCCCCCCC/C=C\CCCCCCCCCC(=O)NC(CO)C(O)/C=C/CCCCCCCCCCCCCCCCCCCCCC. The van der Waals surface area contributed by atoms with E-state index in [1.807, 2.05) is 6.08 Å². The number of esters is 1. The molecule has 2 unspecified atom stereocenters. The number of rotatable bonds is 64. The smallest absolute Gasteiger partial charge is 0.305 e. The molecule has 0 saturated heterocycles. The molecule has 0 aromatic heterocycles. The molecule has 0 rings (SSSR count). The number of nitrogens with one attached hydrogen (secondary N) is 1. The van der Waals surface area contributed by atoms with Crippen LogP contribution < -0.4 is 5.32 Å². The molecule has 0 spiro atoms. The van der Waals surface area contributed by atoms with Crippen LogP contribution in [0.2, 0.25) is 0 Å². The molecular weight excluding hydrogens is 947 g/mol. The summed E-state index contributed by atoms with van der Waals surface area (Å²) in [4.78, 5) is 24.6. The van der Waals surface area contributed by atoms with Gasteiger partial charge in [0.2, 0.25) is 5.91 Å². The summed E-state index contributed by atoms with van der Waals surface area (Å²) in [6, 6.07) is -0.637. The van der Waals surface area contributed by atoms with E-state index in [2.05, 4.69) is 55.6 Å². The molecule has 0 saturated carbocycles. The predicted molar refractivity (Wildman–Crippen MR) is 338 cm³/mol. The fourth-order valence-electron chi connectivity index (χ4n) is 10.5.